The van der Waals surface area contributed by atoms with E-state index in [-0.39, 0.29) is 11.3 Å². The van der Waals surface area contributed by atoms with Gasteiger partial charge in [0.2, 0.25) is 5.91 Å². The molecular formula is C21H24N2O. The second kappa shape index (κ2) is 6.06. The zero-order valence-electron chi connectivity index (χ0n) is 14.2. The Morgan fingerprint density at radius 1 is 1.12 bits per heavy atom. The third kappa shape index (κ3) is 2.73. The molecule has 2 aromatic carbocycles. The Balaban J connectivity index is 1.71. The summed E-state index contributed by atoms with van der Waals surface area (Å²) in [6.07, 6.45) is 1.64. The molecule has 0 radical (unpaired) electrons. The fourth-order valence-electron chi connectivity index (χ4n) is 4.62. The highest BCUT2D eigenvalue weighted by atomic mass is 16.1. The molecule has 3 heteroatoms. The van der Waals surface area contributed by atoms with Crippen LogP contribution in [0.1, 0.15) is 35.1 Å². The third-order valence-electron chi connectivity index (χ3n) is 5.48. The van der Waals surface area contributed by atoms with Crippen molar-refractivity contribution in [2.75, 3.05) is 13.1 Å². The summed E-state index contributed by atoms with van der Waals surface area (Å²) in [7, 11) is 0. The monoisotopic (exact) mass is 320 g/mol. The van der Waals surface area contributed by atoms with Gasteiger partial charge in [-0.2, -0.15) is 0 Å². The van der Waals surface area contributed by atoms with E-state index in [1.165, 1.54) is 22.3 Å². The van der Waals surface area contributed by atoms with Gasteiger partial charge in [-0.05, 0) is 35.6 Å². The van der Waals surface area contributed by atoms with Gasteiger partial charge in [0.15, 0.2) is 0 Å². The van der Waals surface area contributed by atoms with Crippen molar-refractivity contribution in [3.8, 4) is 0 Å². The lowest BCUT2D eigenvalue weighted by Gasteiger charge is -2.47. The van der Waals surface area contributed by atoms with Crippen molar-refractivity contribution in [1.29, 1.82) is 0 Å². The van der Waals surface area contributed by atoms with Gasteiger partial charge < -0.3 is 5.32 Å². The Hall–Kier alpha value is -2.13. The van der Waals surface area contributed by atoms with Crippen molar-refractivity contribution >= 4 is 5.91 Å². The molecule has 2 aromatic rings. The first-order chi connectivity index (χ1) is 11.7. The Morgan fingerprint density at radius 3 is 2.75 bits per heavy atom. The first kappa shape index (κ1) is 15.4. The number of rotatable bonds is 2. The van der Waals surface area contributed by atoms with Gasteiger partial charge in [-0.3, -0.25) is 9.69 Å². The lowest BCUT2D eigenvalue weighted by molar-refractivity contribution is -0.124. The number of carbonyl (C=O) groups excluding carboxylic acids is 1. The first-order valence-corrected chi connectivity index (χ1v) is 8.78. The van der Waals surface area contributed by atoms with Crippen molar-refractivity contribution in [2.45, 2.75) is 38.3 Å². The van der Waals surface area contributed by atoms with E-state index in [4.69, 9.17) is 0 Å². The Morgan fingerprint density at radius 2 is 1.96 bits per heavy atom. The van der Waals surface area contributed by atoms with Crippen molar-refractivity contribution in [3.63, 3.8) is 0 Å². The summed E-state index contributed by atoms with van der Waals surface area (Å²) in [5.41, 5.74) is 5.47. The topological polar surface area (TPSA) is 32.3 Å². The zero-order valence-corrected chi connectivity index (χ0v) is 14.2. The molecule has 4 rings (SSSR count). The van der Waals surface area contributed by atoms with Crippen LogP contribution in [0.4, 0.5) is 0 Å². The zero-order chi connectivity index (χ0) is 16.6. The van der Waals surface area contributed by atoms with Crippen molar-refractivity contribution < 1.29 is 4.79 Å². The van der Waals surface area contributed by atoms with E-state index >= 15 is 0 Å². The number of benzene rings is 2. The van der Waals surface area contributed by atoms with E-state index in [9.17, 15) is 4.79 Å². The average molecular weight is 320 g/mol. The number of fused-ring (bicyclic) bond motifs is 2. The molecule has 1 fully saturated rings. The molecule has 1 spiro atoms. The van der Waals surface area contributed by atoms with E-state index in [2.05, 4.69) is 65.7 Å². The Kier molecular flexibility index (Phi) is 3.89. The minimum Gasteiger partial charge on any atom is -0.356 e. The number of nitrogens with zero attached hydrogens (tertiary/aromatic N) is 1. The van der Waals surface area contributed by atoms with Crippen LogP contribution in [0.15, 0.2) is 48.5 Å². The number of hydrogen-bond acceptors (Lipinski definition) is 2. The molecule has 24 heavy (non-hydrogen) atoms. The van der Waals surface area contributed by atoms with Crippen LogP contribution in [0.3, 0.4) is 0 Å². The maximum Gasteiger partial charge on any atom is 0.220 e. The summed E-state index contributed by atoms with van der Waals surface area (Å²) in [5, 5.41) is 3.01. The van der Waals surface area contributed by atoms with Gasteiger partial charge in [0.05, 0.1) is 0 Å². The molecule has 1 atom stereocenters. The number of piperidine rings is 1. The van der Waals surface area contributed by atoms with Gasteiger partial charge in [0.25, 0.3) is 0 Å². The lowest BCUT2D eigenvalue weighted by Crippen LogP contribution is -2.52. The van der Waals surface area contributed by atoms with Gasteiger partial charge in [0, 0.05) is 38.0 Å². The predicted molar refractivity (Wildman–Crippen MR) is 95.7 cm³/mol. The van der Waals surface area contributed by atoms with Crippen LogP contribution in [0.2, 0.25) is 0 Å². The van der Waals surface area contributed by atoms with Gasteiger partial charge in [-0.1, -0.05) is 48.5 Å². The molecule has 2 aliphatic rings. The van der Waals surface area contributed by atoms with Crippen LogP contribution in [0, 0.1) is 6.92 Å². The molecule has 1 saturated heterocycles. The standard InChI is InChI=1S/C21H24N2O/c1-16-6-5-9-18-14-23(13-17-7-3-2-4-8-17)15-21(20(16)18)10-11-22-19(24)12-21/h2-9H,10-15H2,1H3,(H,22,24). The van der Waals surface area contributed by atoms with Crippen molar-refractivity contribution in [3.05, 3.63) is 70.8 Å². The molecule has 0 bridgehead atoms. The molecule has 1 unspecified atom stereocenters. The highest BCUT2D eigenvalue weighted by Crippen LogP contribution is 2.42. The van der Waals surface area contributed by atoms with Crippen LogP contribution in [0.5, 0.6) is 0 Å². The van der Waals surface area contributed by atoms with E-state index in [0.717, 1.165) is 32.6 Å². The van der Waals surface area contributed by atoms with E-state index < -0.39 is 0 Å². The smallest absolute Gasteiger partial charge is 0.220 e. The summed E-state index contributed by atoms with van der Waals surface area (Å²) in [5.74, 6) is 0.192. The molecule has 1 amide bonds. The molecule has 3 nitrogen and oxygen atoms in total. The fraction of sp³-hybridized carbons (Fsp3) is 0.381. The largest absolute Gasteiger partial charge is 0.356 e. The minimum atomic E-state index is -0.0317. The van der Waals surface area contributed by atoms with E-state index in [1.54, 1.807) is 0 Å². The Bertz CT molecular complexity index is 756. The summed E-state index contributed by atoms with van der Waals surface area (Å²) in [6, 6.07) is 17.2. The van der Waals surface area contributed by atoms with Crippen molar-refractivity contribution in [1.82, 2.24) is 10.2 Å². The van der Waals surface area contributed by atoms with Gasteiger partial charge in [0.1, 0.15) is 0 Å². The summed E-state index contributed by atoms with van der Waals surface area (Å²) >= 11 is 0. The molecule has 0 aromatic heterocycles. The summed E-state index contributed by atoms with van der Waals surface area (Å²) in [6.45, 7) is 5.85. The first-order valence-electron chi connectivity index (χ1n) is 8.78. The number of carbonyl (C=O) groups is 1. The lowest BCUT2D eigenvalue weighted by atomic mass is 9.67. The number of amides is 1. The second-order valence-electron chi connectivity index (χ2n) is 7.30. The SMILES string of the molecule is Cc1cccc2c1C1(CCNC(=O)C1)CN(Cc1ccccc1)C2. The molecular weight excluding hydrogens is 296 g/mol. The normalized spacial score (nSPS) is 23.8. The second-order valence-corrected chi connectivity index (χ2v) is 7.30. The molecule has 124 valence electrons. The fourth-order valence-corrected chi connectivity index (χ4v) is 4.62. The quantitative estimate of drug-likeness (QED) is 0.922. The minimum absolute atomic E-state index is 0.0317. The third-order valence-corrected chi connectivity index (χ3v) is 5.48. The number of hydrogen-bond donors (Lipinski definition) is 1. The van der Waals surface area contributed by atoms with Crippen LogP contribution < -0.4 is 5.32 Å². The maximum absolute atomic E-state index is 12.2. The highest BCUT2D eigenvalue weighted by Gasteiger charge is 2.43. The van der Waals surface area contributed by atoms with Gasteiger partial charge >= 0.3 is 0 Å². The average Bonchev–Trinajstić information content (AvgIpc) is 2.55. The van der Waals surface area contributed by atoms with Crippen LogP contribution in [0.25, 0.3) is 0 Å². The van der Waals surface area contributed by atoms with Crippen molar-refractivity contribution in [2.24, 2.45) is 0 Å². The van der Waals surface area contributed by atoms with Gasteiger partial charge in [-0.15, -0.1) is 0 Å². The van der Waals surface area contributed by atoms with Crippen LogP contribution in [-0.2, 0) is 23.3 Å². The highest BCUT2D eigenvalue weighted by molar-refractivity contribution is 5.79. The van der Waals surface area contributed by atoms with E-state index in [0.29, 0.717) is 6.42 Å². The van der Waals surface area contributed by atoms with Crippen LogP contribution in [-0.4, -0.2) is 23.9 Å². The molecule has 0 saturated carbocycles. The summed E-state index contributed by atoms with van der Waals surface area (Å²) < 4.78 is 0. The number of nitrogens with one attached hydrogen (secondary N) is 1. The maximum atomic E-state index is 12.2. The number of aryl methyl sites for hydroxylation is 1. The predicted octanol–water partition coefficient (Wildman–Crippen LogP) is 3.16. The Labute approximate surface area is 143 Å². The van der Waals surface area contributed by atoms with Crippen LogP contribution >= 0.6 is 0 Å². The molecule has 0 aliphatic carbocycles. The van der Waals surface area contributed by atoms with E-state index in [1.807, 2.05) is 0 Å². The molecule has 2 heterocycles. The summed E-state index contributed by atoms with van der Waals surface area (Å²) in [4.78, 5) is 14.7. The molecule has 1 N–H and O–H groups in total. The molecule has 2 aliphatic heterocycles. The van der Waals surface area contributed by atoms with Gasteiger partial charge in [-0.25, -0.2) is 0 Å².